The van der Waals surface area contributed by atoms with Gasteiger partial charge in [0.2, 0.25) is 12.7 Å². The molecule has 4 rings (SSSR count). The zero-order chi connectivity index (χ0) is 19.3. The third kappa shape index (κ3) is 4.25. The molecule has 0 saturated heterocycles. The lowest BCUT2D eigenvalue weighted by Crippen LogP contribution is -2.24. The molecule has 3 aromatic rings. The van der Waals surface area contributed by atoms with Gasteiger partial charge < -0.3 is 19.3 Å². The average Bonchev–Trinajstić information content (AvgIpc) is 3.40. The summed E-state index contributed by atoms with van der Waals surface area (Å²) in [6, 6.07) is 9.31. The SMILES string of the molecule is CCc1noc(-c2ccc(SCC(=O)NCc3ccc4c(c3)OCO4)nc2)n1. The van der Waals surface area contributed by atoms with Crippen LogP contribution in [0.1, 0.15) is 18.3 Å². The van der Waals surface area contributed by atoms with Crippen LogP contribution in [0.5, 0.6) is 11.5 Å². The maximum absolute atomic E-state index is 12.1. The molecule has 0 unspecified atom stereocenters. The fourth-order valence-corrected chi connectivity index (χ4v) is 3.22. The number of hydrogen-bond donors (Lipinski definition) is 1. The van der Waals surface area contributed by atoms with Crippen LogP contribution in [0.4, 0.5) is 0 Å². The number of nitrogens with zero attached hydrogens (tertiary/aromatic N) is 3. The van der Waals surface area contributed by atoms with E-state index in [-0.39, 0.29) is 18.5 Å². The van der Waals surface area contributed by atoms with Crippen LogP contribution in [-0.4, -0.2) is 33.6 Å². The minimum atomic E-state index is -0.0713. The third-order valence-electron chi connectivity index (χ3n) is 4.05. The number of amides is 1. The molecular weight excluding hydrogens is 380 g/mol. The lowest BCUT2D eigenvalue weighted by molar-refractivity contribution is -0.118. The Morgan fingerprint density at radius 3 is 2.89 bits per heavy atom. The number of benzene rings is 1. The first kappa shape index (κ1) is 18.3. The molecule has 1 aliphatic rings. The third-order valence-corrected chi connectivity index (χ3v) is 4.99. The standard InChI is InChI=1S/C19H18N4O4S/c1-2-16-22-19(27-23-16)13-4-6-18(21-9-13)28-10-17(24)20-8-12-3-5-14-15(7-12)26-11-25-14/h3-7,9H,2,8,10-11H2,1H3,(H,20,24). The molecule has 1 aromatic carbocycles. The molecule has 28 heavy (non-hydrogen) atoms. The Morgan fingerprint density at radius 2 is 2.11 bits per heavy atom. The van der Waals surface area contributed by atoms with Crippen LogP contribution in [0.2, 0.25) is 0 Å². The van der Waals surface area contributed by atoms with Crippen molar-refractivity contribution in [2.45, 2.75) is 24.9 Å². The van der Waals surface area contributed by atoms with E-state index in [1.807, 2.05) is 37.3 Å². The normalized spacial score (nSPS) is 12.2. The largest absolute Gasteiger partial charge is 0.454 e. The molecule has 9 heteroatoms. The van der Waals surface area contributed by atoms with Crippen molar-refractivity contribution < 1.29 is 18.8 Å². The lowest BCUT2D eigenvalue weighted by atomic mass is 10.2. The fourth-order valence-electron chi connectivity index (χ4n) is 2.55. The van der Waals surface area contributed by atoms with Gasteiger partial charge in [-0.05, 0) is 29.8 Å². The summed E-state index contributed by atoms with van der Waals surface area (Å²) in [7, 11) is 0. The van der Waals surface area contributed by atoms with Crippen LogP contribution >= 0.6 is 11.8 Å². The molecule has 144 valence electrons. The number of fused-ring (bicyclic) bond motifs is 1. The van der Waals surface area contributed by atoms with E-state index in [1.165, 1.54) is 11.8 Å². The van der Waals surface area contributed by atoms with Gasteiger partial charge in [0, 0.05) is 19.2 Å². The van der Waals surface area contributed by atoms with Crippen LogP contribution in [0, 0.1) is 0 Å². The van der Waals surface area contributed by atoms with Crippen molar-refractivity contribution in [3.8, 4) is 23.0 Å². The summed E-state index contributed by atoms with van der Waals surface area (Å²) >= 11 is 1.36. The molecule has 3 heterocycles. The topological polar surface area (TPSA) is 99.4 Å². The number of aromatic nitrogens is 3. The van der Waals surface area contributed by atoms with Crippen molar-refractivity contribution in [2.75, 3.05) is 12.5 Å². The Hall–Kier alpha value is -3.07. The summed E-state index contributed by atoms with van der Waals surface area (Å²) < 4.78 is 15.8. The molecule has 0 fully saturated rings. The molecule has 0 spiro atoms. The maximum Gasteiger partial charge on any atom is 0.259 e. The predicted octanol–water partition coefficient (Wildman–Crippen LogP) is 2.83. The Kier molecular flexibility index (Phi) is 5.43. The molecular formula is C19H18N4O4S. The minimum Gasteiger partial charge on any atom is -0.454 e. The molecule has 2 aromatic heterocycles. The van der Waals surface area contributed by atoms with Gasteiger partial charge in [0.25, 0.3) is 5.89 Å². The number of carbonyl (C=O) groups excluding carboxylic acids is 1. The van der Waals surface area contributed by atoms with Gasteiger partial charge in [0.05, 0.1) is 16.3 Å². The highest BCUT2D eigenvalue weighted by atomic mass is 32.2. The van der Waals surface area contributed by atoms with Crippen LogP contribution in [0.25, 0.3) is 11.5 Å². The summed E-state index contributed by atoms with van der Waals surface area (Å²) in [4.78, 5) is 20.7. The first-order chi connectivity index (χ1) is 13.7. The summed E-state index contributed by atoms with van der Waals surface area (Å²) in [5, 5.41) is 7.51. The lowest BCUT2D eigenvalue weighted by Gasteiger charge is -2.06. The van der Waals surface area contributed by atoms with E-state index in [9.17, 15) is 4.79 Å². The first-order valence-corrected chi connectivity index (χ1v) is 9.77. The number of ether oxygens (including phenoxy) is 2. The number of aryl methyl sites for hydroxylation is 1. The molecule has 0 saturated carbocycles. The second-order valence-electron chi connectivity index (χ2n) is 6.01. The Balaban J connectivity index is 1.26. The van der Waals surface area contributed by atoms with Crippen molar-refractivity contribution in [3.05, 3.63) is 47.9 Å². The highest BCUT2D eigenvalue weighted by Crippen LogP contribution is 2.32. The monoisotopic (exact) mass is 398 g/mol. The number of pyridine rings is 1. The summed E-state index contributed by atoms with van der Waals surface area (Å²) in [6.45, 7) is 2.63. The van der Waals surface area contributed by atoms with Crippen LogP contribution < -0.4 is 14.8 Å². The van der Waals surface area contributed by atoms with Gasteiger partial charge in [-0.1, -0.05) is 29.9 Å². The Labute approximate surface area is 165 Å². The van der Waals surface area contributed by atoms with Crippen molar-refractivity contribution in [3.63, 3.8) is 0 Å². The van der Waals surface area contributed by atoms with Crippen molar-refractivity contribution >= 4 is 17.7 Å². The van der Waals surface area contributed by atoms with Gasteiger partial charge in [-0.15, -0.1) is 0 Å². The molecule has 0 bridgehead atoms. The molecule has 8 nitrogen and oxygen atoms in total. The summed E-state index contributed by atoms with van der Waals surface area (Å²) in [5.74, 6) is 2.74. The van der Waals surface area contributed by atoms with E-state index >= 15 is 0 Å². The minimum absolute atomic E-state index is 0.0713. The van der Waals surface area contributed by atoms with Gasteiger partial charge in [0.1, 0.15) is 0 Å². The number of rotatable bonds is 7. The fraction of sp³-hybridized carbons (Fsp3) is 0.263. The Bertz CT molecular complexity index is 974. The molecule has 0 aliphatic carbocycles. The zero-order valence-electron chi connectivity index (χ0n) is 15.2. The van der Waals surface area contributed by atoms with Gasteiger partial charge in [-0.3, -0.25) is 4.79 Å². The first-order valence-electron chi connectivity index (χ1n) is 8.78. The predicted molar refractivity (Wildman–Crippen MR) is 102 cm³/mol. The van der Waals surface area contributed by atoms with Crippen molar-refractivity contribution in [1.82, 2.24) is 20.4 Å². The number of nitrogens with one attached hydrogen (secondary N) is 1. The van der Waals surface area contributed by atoms with E-state index < -0.39 is 0 Å². The van der Waals surface area contributed by atoms with Gasteiger partial charge in [-0.2, -0.15) is 4.98 Å². The number of carbonyl (C=O) groups is 1. The second kappa shape index (κ2) is 8.30. The Morgan fingerprint density at radius 1 is 1.21 bits per heavy atom. The number of thioether (sulfide) groups is 1. The van der Waals surface area contributed by atoms with E-state index in [0.29, 0.717) is 30.4 Å². The zero-order valence-corrected chi connectivity index (χ0v) is 16.0. The van der Waals surface area contributed by atoms with E-state index in [4.69, 9.17) is 14.0 Å². The van der Waals surface area contributed by atoms with Crippen molar-refractivity contribution in [2.24, 2.45) is 0 Å². The van der Waals surface area contributed by atoms with Gasteiger partial charge in [-0.25, -0.2) is 4.98 Å². The van der Waals surface area contributed by atoms with Crippen molar-refractivity contribution in [1.29, 1.82) is 0 Å². The van der Waals surface area contributed by atoms with Crippen LogP contribution in [0.3, 0.4) is 0 Å². The maximum atomic E-state index is 12.1. The molecule has 0 radical (unpaired) electrons. The summed E-state index contributed by atoms with van der Waals surface area (Å²) in [5.41, 5.74) is 1.71. The highest BCUT2D eigenvalue weighted by Gasteiger charge is 2.13. The molecule has 0 atom stereocenters. The van der Waals surface area contributed by atoms with Gasteiger partial charge >= 0.3 is 0 Å². The highest BCUT2D eigenvalue weighted by molar-refractivity contribution is 7.99. The quantitative estimate of drug-likeness (QED) is 0.607. The smallest absolute Gasteiger partial charge is 0.259 e. The summed E-state index contributed by atoms with van der Waals surface area (Å²) in [6.07, 6.45) is 2.38. The van der Waals surface area contributed by atoms with E-state index in [1.54, 1.807) is 6.20 Å². The second-order valence-corrected chi connectivity index (χ2v) is 7.00. The molecule has 1 aliphatic heterocycles. The van der Waals surface area contributed by atoms with Crippen LogP contribution in [-0.2, 0) is 17.8 Å². The average molecular weight is 398 g/mol. The number of hydrogen-bond acceptors (Lipinski definition) is 8. The van der Waals surface area contributed by atoms with E-state index in [2.05, 4.69) is 20.4 Å². The van der Waals surface area contributed by atoms with Crippen LogP contribution in [0.15, 0.2) is 46.1 Å². The van der Waals surface area contributed by atoms with Gasteiger partial charge in [0.15, 0.2) is 17.3 Å². The van der Waals surface area contributed by atoms with E-state index in [0.717, 1.165) is 21.9 Å². The molecule has 1 amide bonds. The molecule has 1 N–H and O–H groups in total.